The van der Waals surface area contributed by atoms with Crippen LogP contribution >= 0.6 is 0 Å². The third kappa shape index (κ3) is 8.85. The van der Waals surface area contributed by atoms with Crippen molar-refractivity contribution in [3.8, 4) is 0 Å². The largest absolute Gasteiger partial charge is 0.313 e. The van der Waals surface area contributed by atoms with Crippen molar-refractivity contribution in [2.24, 2.45) is 0 Å². The predicted octanol–water partition coefficient (Wildman–Crippen LogP) is 1.26. The van der Waals surface area contributed by atoms with Crippen LogP contribution in [0.25, 0.3) is 0 Å². The Hall–Kier alpha value is -0.120. The molecule has 0 aromatic rings. The zero-order valence-electron chi connectivity index (χ0n) is 11.2. The normalized spacial score (nSPS) is 12.0. The summed E-state index contributed by atoms with van der Waals surface area (Å²) in [5.74, 6) is 0. The Labute approximate surface area is 95.8 Å². The molecule has 92 valence electrons. The summed E-state index contributed by atoms with van der Waals surface area (Å²) in [5.41, 5.74) is 0. The van der Waals surface area contributed by atoms with Crippen molar-refractivity contribution in [1.82, 2.24) is 15.1 Å². The highest BCUT2D eigenvalue weighted by molar-refractivity contribution is 4.64. The van der Waals surface area contributed by atoms with E-state index in [0.717, 1.165) is 26.2 Å². The Morgan fingerprint density at radius 1 is 0.933 bits per heavy atom. The summed E-state index contributed by atoms with van der Waals surface area (Å²) in [5, 5.41) is 3.58. The number of nitrogens with zero attached hydrogens (tertiary/aromatic N) is 2. The Kier molecular flexibility index (Phi) is 9.06. The van der Waals surface area contributed by atoms with Crippen LogP contribution in [0.1, 0.15) is 26.7 Å². The molecule has 0 amide bonds. The van der Waals surface area contributed by atoms with Gasteiger partial charge in [0.1, 0.15) is 0 Å². The smallest absolute Gasteiger partial charge is 0.0107 e. The summed E-state index contributed by atoms with van der Waals surface area (Å²) >= 11 is 0. The molecule has 0 saturated heterocycles. The summed E-state index contributed by atoms with van der Waals surface area (Å²) in [4.78, 5) is 4.61. The Morgan fingerprint density at radius 3 is 2.00 bits per heavy atom. The lowest BCUT2D eigenvalue weighted by atomic mass is 10.2. The molecule has 0 saturated carbocycles. The van der Waals surface area contributed by atoms with Gasteiger partial charge in [-0.2, -0.15) is 0 Å². The average Bonchev–Trinajstić information content (AvgIpc) is 2.21. The minimum Gasteiger partial charge on any atom is -0.313 e. The zero-order chi connectivity index (χ0) is 11.7. The number of hydrogen-bond acceptors (Lipinski definition) is 3. The molecule has 0 spiro atoms. The fourth-order valence-electron chi connectivity index (χ4n) is 1.52. The SMILES string of the molecule is CCC(CC)NCCN(C)CCN(C)C. The molecule has 0 aliphatic heterocycles. The molecule has 0 atom stereocenters. The van der Waals surface area contributed by atoms with E-state index in [1.165, 1.54) is 12.8 Å². The number of nitrogens with one attached hydrogen (secondary N) is 1. The standard InChI is InChI=1S/C12H29N3/c1-6-12(7-2)13-8-9-15(5)11-10-14(3)4/h12-13H,6-11H2,1-5H3. The molecule has 0 fully saturated rings. The molecule has 15 heavy (non-hydrogen) atoms. The van der Waals surface area contributed by atoms with Crippen LogP contribution in [0.5, 0.6) is 0 Å². The van der Waals surface area contributed by atoms with Gasteiger partial charge in [0.05, 0.1) is 0 Å². The van der Waals surface area contributed by atoms with Crippen LogP contribution in [0.2, 0.25) is 0 Å². The maximum absolute atomic E-state index is 3.58. The van der Waals surface area contributed by atoms with Gasteiger partial charge in [-0.25, -0.2) is 0 Å². The summed E-state index contributed by atoms with van der Waals surface area (Å²) < 4.78 is 0. The van der Waals surface area contributed by atoms with Crippen LogP contribution in [0, 0.1) is 0 Å². The molecule has 0 rings (SSSR count). The van der Waals surface area contributed by atoms with Crippen molar-refractivity contribution in [2.75, 3.05) is 47.3 Å². The highest BCUT2D eigenvalue weighted by Gasteiger charge is 2.03. The second kappa shape index (κ2) is 9.13. The van der Waals surface area contributed by atoms with E-state index in [9.17, 15) is 0 Å². The van der Waals surface area contributed by atoms with Gasteiger partial charge in [-0.1, -0.05) is 13.8 Å². The van der Waals surface area contributed by atoms with E-state index in [-0.39, 0.29) is 0 Å². The lowest BCUT2D eigenvalue weighted by Gasteiger charge is -2.21. The van der Waals surface area contributed by atoms with E-state index >= 15 is 0 Å². The first-order chi connectivity index (χ1) is 7.10. The van der Waals surface area contributed by atoms with Crippen molar-refractivity contribution < 1.29 is 0 Å². The molecule has 1 N–H and O–H groups in total. The predicted molar refractivity (Wildman–Crippen MR) is 68.4 cm³/mol. The fraction of sp³-hybridized carbons (Fsp3) is 1.00. The summed E-state index contributed by atoms with van der Waals surface area (Å²) in [6.07, 6.45) is 2.47. The second-order valence-electron chi connectivity index (χ2n) is 4.57. The van der Waals surface area contributed by atoms with Gasteiger partial charge < -0.3 is 15.1 Å². The van der Waals surface area contributed by atoms with Gasteiger partial charge in [0.2, 0.25) is 0 Å². The van der Waals surface area contributed by atoms with Crippen molar-refractivity contribution in [3.63, 3.8) is 0 Å². The molecule has 3 nitrogen and oxygen atoms in total. The van der Waals surface area contributed by atoms with Gasteiger partial charge in [0, 0.05) is 32.2 Å². The van der Waals surface area contributed by atoms with E-state index < -0.39 is 0 Å². The van der Waals surface area contributed by atoms with Crippen LogP contribution in [-0.4, -0.2) is 63.2 Å². The van der Waals surface area contributed by atoms with Crippen LogP contribution in [0.3, 0.4) is 0 Å². The second-order valence-corrected chi connectivity index (χ2v) is 4.57. The van der Waals surface area contributed by atoms with E-state index in [1.54, 1.807) is 0 Å². The lowest BCUT2D eigenvalue weighted by molar-refractivity contribution is 0.277. The topological polar surface area (TPSA) is 18.5 Å². The lowest BCUT2D eigenvalue weighted by Crippen LogP contribution is -2.37. The van der Waals surface area contributed by atoms with E-state index in [0.29, 0.717) is 6.04 Å². The maximum Gasteiger partial charge on any atom is 0.0107 e. The molecule has 0 radical (unpaired) electrons. The minimum atomic E-state index is 0.701. The van der Waals surface area contributed by atoms with Gasteiger partial charge in [-0.05, 0) is 34.0 Å². The number of hydrogen-bond donors (Lipinski definition) is 1. The molecule has 0 aliphatic rings. The van der Waals surface area contributed by atoms with Gasteiger partial charge in [-0.15, -0.1) is 0 Å². The van der Waals surface area contributed by atoms with Crippen molar-refractivity contribution in [2.45, 2.75) is 32.7 Å². The van der Waals surface area contributed by atoms with E-state index in [4.69, 9.17) is 0 Å². The monoisotopic (exact) mass is 215 g/mol. The van der Waals surface area contributed by atoms with E-state index in [1.807, 2.05) is 0 Å². The van der Waals surface area contributed by atoms with Gasteiger partial charge in [0.15, 0.2) is 0 Å². The molecule has 0 aliphatic carbocycles. The Balaban J connectivity index is 3.41. The van der Waals surface area contributed by atoms with Gasteiger partial charge in [0.25, 0.3) is 0 Å². The fourth-order valence-corrected chi connectivity index (χ4v) is 1.52. The molecule has 3 heteroatoms. The highest BCUT2D eigenvalue weighted by atomic mass is 15.2. The zero-order valence-corrected chi connectivity index (χ0v) is 11.2. The third-order valence-electron chi connectivity index (χ3n) is 2.84. The Bertz CT molecular complexity index is 133. The maximum atomic E-state index is 3.58. The summed E-state index contributed by atoms with van der Waals surface area (Å²) in [6, 6.07) is 0.701. The first kappa shape index (κ1) is 14.9. The summed E-state index contributed by atoms with van der Waals surface area (Å²) in [7, 11) is 6.44. The van der Waals surface area contributed by atoms with Crippen LogP contribution in [0.15, 0.2) is 0 Å². The van der Waals surface area contributed by atoms with Crippen molar-refractivity contribution in [3.05, 3.63) is 0 Å². The molecule has 0 aromatic heterocycles. The molecule has 0 aromatic carbocycles. The number of likely N-dealkylation sites (N-methyl/N-ethyl adjacent to an activating group) is 2. The number of rotatable bonds is 9. The first-order valence-electron chi connectivity index (χ1n) is 6.16. The molecular weight excluding hydrogens is 186 g/mol. The van der Waals surface area contributed by atoms with Gasteiger partial charge in [-0.3, -0.25) is 0 Å². The molecular formula is C12H29N3. The molecule has 0 bridgehead atoms. The molecule has 0 heterocycles. The van der Waals surface area contributed by atoms with Crippen molar-refractivity contribution in [1.29, 1.82) is 0 Å². The average molecular weight is 215 g/mol. The van der Waals surface area contributed by atoms with Gasteiger partial charge >= 0.3 is 0 Å². The first-order valence-corrected chi connectivity index (χ1v) is 6.16. The molecule has 0 unspecified atom stereocenters. The van der Waals surface area contributed by atoms with Crippen LogP contribution in [0.4, 0.5) is 0 Å². The van der Waals surface area contributed by atoms with E-state index in [2.05, 4.69) is 50.1 Å². The van der Waals surface area contributed by atoms with Crippen molar-refractivity contribution >= 4 is 0 Å². The minimum absolute atomic E-state index is 0.701. The third-order valence-corrected chi connectivity index (χ3v) is 2.84. The highest BCUT2D eigenvalue weighted by Crippen LogP contribution is 1.95. The quantitative estimate of drug-likeness (QED) is 0.625. The van der Waals surface area contributed by atoms with Crippen LogP contribution in [-0.2, 0) is 0 Å². The summed E-state index contributed by atoms with van der Waals surface area (Å²) in [6.45, 7) is 9.04. The van der Waals surface area contributed by atoms with Crippen LogP contribution < -0.4 is 5.32 Å². The Morgan fingerprint density at radius 2 is 1.53 bits per heavy atom.